The SMILES string of the molecule is CC(C)CCSc1nc(N)c2c(n1)OCCN(c1ccc(C3CCC(CC(=O)O)CC3)cc1)C2=O. The Balaban J connectivity index is 1.45. The molecule has 1 aliphatic heterocycles. The van der Waals surface area contributed by atoms with Crippen molar-refractivity contribution >= 4 is 35.1 Å². The lowest BCUT2D eigenvalue weighted by atomic mass is 9.77. The Morgan fingerprint density at radius 2 is 1.91 bits per heavy atom. The fourth-order valence-corrected chi connectivity index (χ4v) is 5.86. The van der Waals surface area contributed by atoms with E-state index in [9.17, 15) is 9.59 Å². The van der Waals surface area contributed by atoms with E-state index in [1.165, 1.54) is 17.3 Å². The topological polar surface area (TPSA) is 119 Å². The molecule has 2 aromatic rings. The van der Waals surface area contributed by atoms with Crippen molar-refractivity contribution in [2.75, 3.05) is 29.5 Å². The van der Waals surface area contributed by atoms with Gasteiger partial charge < -0.3 is 20.5 Å². The molecule has 1 amide bonds. The molecule has 0 unspecified atom stereocenters. The minimum absolute atomic E-state index is 0.147. The van der Waals surface area contributed by atoms with Crippen LogP contribution in [0.5, 0.6) is 5.88 Å². The molecule has 2 aliphatic rings. The number of hydrogen-bond acceptors (Lipinski definition) is 7. The Morgan fingerprint density at radius 1 is 1.20 bits per heavy atom. The number of nitrogen functional groups attached to an aromatic ring is 1. The van der Waals surface area contributed by atoms with E-state index in [-0.39, 0.29) is 35.5 Å². The maximum Gasteiger partial charge on any atom is 0.303 e. The highest BCUT2D eigenvalue weighted by molar-refractivity contribution is 7.99. The first kappa shape index (κ1) is 25.3. The summed E-state index contributed by atoms with van der Waals surface area (Å²) in [5.41, 5.74) is 8.44. The Hall–Kier alpha value is -2.81. The molecule has 1 aliphatic carbocycles. The van der Waals surface area contributed by atoms with Crippen LogP contribution in [0.15, 0.2) is 29.4 Å². The Kier molecular flexibility index (Phi) is 8.15. The van der Waals surface area contributed by atoms with Crippen LogP contribution in [0.1, 0.15) is 74.2 Å². The number of nitrogens with zero attached hydrogens (tertiary/aromatic N) is 3. The van der Waals surface area contributed by atoms with Gasteiger partial charge in [-0.3, -0.25) is 9.59 Å². The molecule has 9 heteroatoms. The third kappa shape index (κ3) is 6.25. The zero-order valence-electron chi connectivity index (χ0n) is 20.4. The lowest BCUT2D eigenvalue weighted by molar-refractivity contribution is -0.138. The smallest absolute Gasteiger partial charge is 0.303 e. The van der Waals surface area contributed by atoms with Crippen molar-refractivity contribution in [3.05, 3.63) is 35.4 Å². The fourth-order valence-electron chi connectivity index (χ4n) is 4.78. The quantitative estimate of drug-likeness (QED) is 0.386. The van der Waals surface area contributed by atoms with Crippen molar-refractivity contribution in [2.24, 2.45) is 11.8 Å². The van der Waals surface area contributed by atoms with Crippen molar-refractivity contribution in [2.45, 2.75) is 63.4 Å². The van der Waals surface area contributed by atoms with E-state index in [1.807, 2.05) is 12.1 Å². The minimum atomic E-state index is -0.711. The van der Waals surface area contributed by atoms with Gasteiger partial charge in [0, 0.05) is 17.9 Å². The monoisotopic (exact) mass is 498 g/mol. The molecule has 3 N–H and O–H groups in total. The minimum Gasteiger partial charge on any atom is -0.481 e. The first-order valence-corrected chi connectivity index (χ1v) is 13.4. The summed E-state index contributed by atoms with van der Waals surface area (Å²) in [5, 5.41) is 9.56. The summed E-state index contributed by atoms with van der Waals surface area (Å²) in [7, 11) is 0. The van der Waals surface area contributed by atoms with Gasteiger partial charge in [0.1, 0.15) is 18.0 Å². The largest absolute Gasteiger partial charge is 0.481 e. The molecule has 0 atom stereocenters. The number of aromatic nitrogens is 2. The molecule has 1 aromatic carbocycles. The zero-order valence-corrected chi connectivity index (χ0v) is 21.2. The average Bonchev–Trinajstić information content (AvgIpc) is 2.98. The van der Waals surface area contributed by atoms with Gasteiger partial charge in [-0.25, -0.2) is 4.98 Å². The highest BCUT2D eigenvalue weighted by Crippen LogP contribution is 2.38. The van der Waals surface area contributed by atoms with E-state index in [0.717, 1.165) is 43.5 Å². The predicted octanol–water partition coefficient (Wildman–Crippen LogP) is 4.98. The van der Waals surface area contributed by atoms with Crippen LogP contribution in [0, 0.1) is 11.8 Å². The van der Waals surface area contributed by atoms with Crippen molar-refractivity contribution in [1.29, 1.82) is 0 Å². The zero-order chi connectivity index (χ0) is 24.9. The molecular weight excluding hydrogens is 464 g/mol. The van der Waals surface area contributed by atoms with Gasteiger partial charge in [-0.05, 0) is 67.6 Å². The van der Waals surface area contributed by atoms with Crippen LogP contribution in [0.2, 0.25) is 0 Å². The summed E-state index contributed by atoms with van der Waals surface area (Å²) in [6, 6.07) is 8.08. The lowest BCUT2D eigenvalue weighted by Crippen LogP contribution is -2.32. The molecule has 188 valence electrons. The van der Waals surface area contributed by atoms with Gasteiger partial charge in [-0.1, -0.05) is 37.7 Å². The number of carboxylic acids is 1. The van der Waals surface area contributed by atoms with Crippen molar-refractivity contribution in [1.82, 2.24) is 9.97 Å². The Morgan fingerprint density at radius 3 is 2.57 bits per heavy atom. The molecule has 0 radical (unpaired) electrons. The normalized spacial score (nSPS) is 20.3. The van der Waals surface area contributed by atoms with Crippen LogP contribution in [0.25, 0.3) is 0 Å². The fraction of sp³-hybridized carbons (Fsp3) is 0.538. The summed E-state index contributed by atoms with van der Waals surface area (Å²) >= 11 is 1.52. The second-order valence-electron chi connectivity index (χ2n) is 9.81. The molecule has 4 rings (SSSR count). The van der Waals surface area contributed by atoms with Crippen LogP contribution in [0.4, 0.5) is 11.5 Å². The number of nitrogens with two attached hydrogens (primary N) is 1. The van der Waals surface area contributed by atoms with Crippen LogP contribution >= 0.6 is 11.8 Å². The maximum atomic E-state index is 13.4. The average molecular weight is 499 g/mol. The van der Waals surface area contributed by atoms with Crippen LogP contribution < -0.4 is 15.4 Å². The number of carbonyl (C=O) groups is 2. The number of fused-ring (bicyclic) bond motifs is 1. The highest BCUT2D eigenvalue weighted by atomic mass is 32.2. The van der Waals surface area contributed by atoms with Crippen molar-refractivity contribution in [3.63, 3.8) is 0 Å². The van der Waals surface area contributed by atoms with Gasteiger partial charge in [0.2, 0.25) is 5.88 Å². The standard InChI is InChI=1S/C26H34N4O4S/c1-16(2)11-14-35-26-28-23(27)22-24(29-26)34-13-12-30(25(22)33)20-9-7-19(8-10-20)18-5-3-17(4-6-18)15-21(31)32/h7-10,16-18H,3-6,11-15H2,1-2H3,(H,31,32)(H2,27,28,29). The van der Waals surface area contributed by atoms with Gasteiger partial charge in [-0.15, -0.1) is 0 Å². The van der Waals surface area contributed by atoms with E-state index in [2.05, 4.69) is 35.9 Å². The number of hydrogen-bond donors (Lipinski definition) is 2. The summed E-state index contributed by atoms with van der Waals surface area (Å²) in [5.74, 6) is 1.61. The summed E-state index contributed by atoms with van der Waals surface area (Å²) in [4.78, 5) is 34.9. The third-order valence-electron chi connectivity index (χ3n) is 6.81. The molecule has 1 saturated carbocycles. The molecule has 0 bridgehead atoms. The predicted molar refractivity (Wildman–Crippen MR) is 137 cm³/mol. The van der Waals surface area contributed by atoms with Crippen molar-refractivity contribution < 1.29 is 19.4 Å². The summed E-state index contributed by atoms with van der Waals surface area (Å²) < 4.78 is 5.83. The summed E-state index contributed by atoms with van der Waals surface area (Å²) in [6.07, 6.45) is 5.16. The van der Waals surface area contributed by atoms with Gasteiger partial charge in [-0.2, -0.15) is 4.98 Å². The van der Waals surface area contributed by atoms with E-state index in [0.29, 0.717) is 30.1 Å². The number of carbonyl (C=O) groups excluding carboxylic acids is 1. The highest BCUT2D eigenvalue weighted by Gasteiger charge is 2.30. The maximum absolute atomic E-state index is 13.4. The van der Waals surface area contributed by atoms with E-state index in [1.54, 1.807) is 4.90 Å². The number of aliphatic carboxylic acids is 1. The molecule has 1 fully saturated rings. The molecule has 1 aromatic heterocycles. The first-order valence-electron chi connectivity index (χ1n) is 12.4. The Bertz CT molecular complexity index is 1050. The second kappa shape index (κ2) is 11.3. The number of amides is 1. The molecular formula is C26H34N4O4S. The van der Waals surface area contributed by atoms with Gasteiger partial charge in [0.15, 0.2) is 5.16 Å². The summed E-state index contributed by atoms with van der Waals surface area (Å²) in [6.45, 7) is 5.05. The lowest BCUT2D eigenvalue weighted by Gasteiger charge is -2.28. The molecule has 2 heterocycles. The number of benzene rings is 1. The second-order valence-corrected chi connectivity index (χ2v) is 10.9. The van der Waals surface area contributed by atoms with E-state index in [4.69, 9.17) is 15.6 Å². The van der Waals surface area contributed by atoms with E-state index < -0.39 is 5.97 Å². The number of anilines is 2. The van der Waals surface area contributed by atoms with Crippen LogP contribution in [-0.2, 0) is 4.79 Å². The third-order valence-corrected chi connectivity index (χ3v) is 7.69. The van der Waals surface area contributed by atoms with E-state index >= 15 is 0 Å². The number of thioether (sulfide) groups is 1. The molecule has 8 nitrogen and oxygen atoms in total. The molecule has 0 saturated heterocycles. The van der Waals surface area contributed by atoms with Crippen LogP contribution in [-0.4, -0.2) is 45.9 Å². The van der Waals surface area contributed by atoms with Crippen LogP contribution in [0.3, 0.4) is 0 Å². The number of ether oxygens (including phenoxy) is 1. The number of rotatable bonds is 8. The molecule has 35 heavy (non-hydrogen) atoms. The first-order chi connectivity index (χ1) is 16.8. The Labute approximate surface area is 210 Å². The van der Waals surface area contributed by atoms with Gasteiger partial charge >= 0.3 is 5.97 Å². The molecule has 0 spiro atoms. The number of carboxylic acid groups (broad SMARTS) is 1. The van der Waals surface area contributed by atoms with Gasteiger partial charge in [0.25, 0.3) is 5.91 Å². The van der Waals surface area contributed by atoms with Crippen molar-refractivity contribution in [3.8, 4) is 5.88 Å². The van der Waals surface area contributed by atoms with Gasteiger partial charge in [0.05, 0.1) is 6.54 Å².